The van der Waals surface area contributed by atoms with Gasteiger partial charge in [-0.1, -0.05) is 12.8 Å². The number of carbonyl (C=O) groups is 3. The van der Waals surface area contributed by atoms with Crippen LogP contribution < -0.4 is 0 Å². The number of unbranched alkanes of at least 4 members (excludes halogenated alkanes) is 3. The van der Waals surface area contributed by atoms with E-state index >= 15 is 0 Å². The summed E-state index contributed by atoms with van der Waals surface area (Å²) in [6, 6.07) is 0. The van der Waals surface area contributed by atoms with Crippen molar-refractivity contribution in [1.82, 2.24) is 0 Å². The van der Waals surface area contributed by atoms with Gasteiger partial charge in [0.2, 0.25) is 0 Å². The van der Waals surface area contributed by atoms with Crippen LogP contribution in [0.1, 0.15) is 65.7 Å². The fourth-order valence-electron chi connectivity index (χ4n) is 2.50. The molecule has 0 heterocycles. The van der Waals surface area contributed by atoms with Crippen LogP contribution in [0.4, 0.5) is 0 Å². The molecule has 1 aliphatic carbocycles. The van der Waals surface area contributed by atoms with Crippen LogP contribution in [0.15, 0.2) is 11.6 Å². The average Bonchev–Trinajstić information content (AvgIpc) is 2.72. The molecule has 0 saturated carbocycles. The minimum atomic E-state index is -0.369. The molecule has 0 aromatic rings. The first kappa shape index (κ1) is 18.4. The van der Waals surface area contributed by atoms with Gasteiger partial charge >= 0.3 is 11.9 Å². The molecule has 0 radical (unpaired) electrons. The molecule has 0 aromatic heterocycles. The lowest BCUT2D eigenvalue weighted by molar-refractivity contribution is -0.147. The molecule has 0 saturated heterocycles. The van der Waals surface area contributed by atoms with Crippen LogP contribution in [0, 0.1) is 0 Å². The molecule has 1 aliphatic rings. The summed E-state index contributed by atoms with van der Waals surface area (Å²) in [4.78, 5) is 33.8. The molecule has 124 valence electrons. The topological polar surface area (TPSA) is 69.7 Å². The Kier molecular flexibility index (Phi) is 7.85. The van der Waals surface area contributed by atoms with Gasteiger partial charge in [-0.15, -0.1) is 0 Å². The lowest BCUT2D eigenvalue weighted by Gasteiger charge is -2.14. The summed E-state index contributed by atoms with van der Waals surface area (Å²) in [6.45, 7) is 5.04. The fraction of sp³-hybridized carbons (Fsp3) is 0.706. The maximum absolute atomic E-state index is 11.4. The molecule has 1 atom stereocenters. The number of ketones is 1. The fourth-order valence-corrected chi connectivity index (χ4v) is 2.50. The third-order valence-corrected chi connectivity index (χ3v) is 3.42. The van der Waals surface area contributed by atoms with Gasteiger partial charge in [0.1, 0.15) is 6.10 Å². The Morgan fingerprint density at radius 1 is 1.23 bits per heavy atom. The van der Waals surface area contributed by atoms with Gasteiger partial charge in [0.05, 0.1) is 12.5 Å². The molecule has 0 aromatic carbocycles. The normalized spacial score (nSPS) is 17.5. The molecular formula is C17H26O5. The number of ether oxygens (including phenoxy) is 2. The van der Waals surface area contributed by atoms with E-state index in [1.54, 1.807) is 6.08 Å². The van der Waals surface area contributed by atoms with Crippen molar-refractivity contribution in [3.05, 3.63) is 11.6 Å². The highest BCUT2D eigenvalue weighted by Gasteiger charge is 2.26. The van der Waals surface area contributed by atoms with Crippen molar-refractivity contribution in [3.63, 3.8) is 0 Å². The van der Waals surface area contributed by atoms with Gasteiger partial charge in [-0.3, -0.25) is 14.4 Å². The predicted molar refractivity (Wildman–Crippen MR) is 82.2 cm³/mol. The van der Waals surface area contributed by atoms with Crippen LogP contribution >= 0.6 is 0 Å². The minimum absolute atomic E-state index is 0.0256. The molecule has 0 aliphatic heterocycles. The summed E-state index contributed by atoms with van der Waals surface area (Å²) in [5.41, 5.74) is 0.916. The first-order chi connectivity index (χ1) is 10.4. The quantitative estimate of drug-likeness (QED) is 0.483. The first-order valence-electron chi connectivity index (χ1n) is 7.98. The molecule has 0 bridgehead atoms. The maximum atomic E-state index is 11.4. The Balaban J connectivity index is 2.16. The van der Waals surface area contributed by atoms with E-state index in [2.05, 4.69) is 0 Å². The lowest BCUT2D eigenvalue weighted by Crippen LogP contribution is -2.16. The van der Waals surface area contributed by atoms with E-state index < -0.39 is 0 Å². The monoisotopic (exact) mass is 310 g/mol. The molecule has 0 spiro atoms. The second kappa shape index (κ2) is 9.38. The molecule has 0 N–H and O–H groups in total. The van der Waals surface area contributed by atoms with Crippen molar-refractivity contribution in [1.29, 1.82) is 0 Å². The zero-order valence-electron chi connectivity index (χ0n) is 13.7. The molecule has 5 nitrogen and oxygen atoms in total. The molecule has 1 unspecified atom stereocenters. The van der Waals surface area contributed by atoms with Crippen molar-refractivity contribution >= 4 is 17.7 Å². The van der Waals surface area contributed by atoms with Gasteiger partial charge in [-0.05, 0) is 44.8 Å². The predicted octanol–water partition coefficient (Wildman–Crippen LogP) is 3.11. The van der Waals surface area contributed by atoms with Crippen LogP contribution in [0.3, 0.4) is 0 Å². The standard InChI is InChI=1S/C17H26O5/c1-12(2)21-17(20)9-7-5-4-6-8-14-10-15(19)11-16(14)22-13(3)18/h10,12,16H,4-9,11H2,1-3H3. The van der Waals surface area contributed by atoms with Crippen LogP contribution in [-0.4, -0.2) is 29.9 Å². The van der Waals surface area contributed by atoms with Gasteiger partial charge in [-0.25, -0.2) is 0 Å². The van der Waals surface area contributed by atoms with Crippen molar-refractivity contribution in [2.75, 3.05) is 0 Å². The largest absolute Gasteiger partial charge is 0.463 e. The third kappa shape index (κ3) is 7.38. The van der Waals surface area contributed by atoms with Gasteiger partial charge in [0, 0.05) is 13.3 Å². The van der Waals surface area contributed by atoms with E-state index in [1.807, 2.05) is 13.8 Å². The maximum Gasteiger partial charge on any atom is 0.306 e. The second-order valence-electron chi connectivity index (χ2n) is 5.94. The summed E-state index contributed by atoms with van der Waals surface area (Å²) in [5, 5.41) is 0. The highest BCUT2D eigenvalue weighted by Crippen LogP contribution is 2.25. The summed E-state index contributed by atoms with van der Waals surface area (Å²) in [7, 11) is 0. The SMILES string of the molecule is CC(=O)OC1CC(=O)C=C1CCCCCCC(=O)OC(C)C. The number of hydrogen-bond donors (Lipinski definition) is 0. The molecular weight excluding hydrogens is 284 g/mol. The van der Waals surface area contributed by atoms with E-state index in [0.717, 1.165) is 37.7 Å². The average molecular weight is 310 g/mol. The summed E-state index contributed by atoms with van der Waals surface area (Å²) in [6.07, 6.45) is 6.34. The number of hydrogen-bond acceptors (Lipinski definition) is 5. The Bertz CT molecular complexity index is 436. The number of allylic oxidation sites excluding steroid dienone is 1. The minimum Gasteiger partial charge on any atom is -0.463 e. The van der Waals surface area contributed by atoms with Crippen molar-refractivity contribution in [2.45, 2.75) is 77.9 Å². The van der Waals surface area contributed by atoms with Crippen molar-refractivity contribution in [2.24, 2.45) is 0 Å². The number of rotatable bonds is 9. The van der Waals surface area contributed by atoms with Crippen molar-refractivity contribution in [3.8, 4) is 0 Å². The van der Waals surface area contributed by atoms with Crippen LogP contribution in [0.25, 0.3) is 0 Å². The van der Waals surface area contributed by atoms with Crippen LogP contribution in [-0.2, 0) is 23.9 Å². The molecule has 0 amide bonds. The lowest BCUT2D eigenvalue weighted by atomic mass is 10.0. The van der Waals surface area contributed by atoms with Gasteiger partial charge in [-0.2, -0.15) is 0 Å². The smallest absolute Gasteiger partial charge is 0.306 e. The third-order valence-electron chi connectivity index (χ3n) is 3.42. The molecule has 5 heteroatoms. The van der Waals surface area contributed by atoms with E-state index in [4.69, 9.17) is 9.47 Å². The van der Waals surface area contributed by atoms with E-state index in [1.165, 1.54) is 6.92 Å². The Morgan fingerprint density at radius 3 is 2.55 bits per heavy atom. The van der Waals surface area contributed by atoms with Gasteiger partial charge in [0.25, 0.3) is 0 Å². The highest BCUT2D eigenvalue weighted by molar-refractivity contribution is 5.94. The van der Waals surface area contributed by atoms with E-state index in [0.29, 0.717) is 6.42 Å². The molecule has 0 fully saturated rings. The van der Waals surface area contributed by atoms with Gasteiger partial charge in [0.15, 0.2) is 5.78 Å². The zero-order chi connectivity index (χ0) is 16.5. The van der Waals surface area contributed by atoms with Gasteiger partial charge < -0.3 is 9.47 Å². The highest BCUT2D eigenvalue weighted by atomic mass is 16.5. The Hall–Kier alpha value is -1.65. The molecule has 22 heavy (non-hydrogen) atoms. The molecule has 1 rings (SSSR count). The Labute approximate surface area is 132 Å². The van der Waals surface area contributed by atoms with Crippen molar-refractivity contribution < 1.29 is 23.9 Å². The second-order valence-corrected chi connectivity index (χ2v) is 5.94. The number of carbonyl (C=O) groups excluding carboxylic acids is 3. The zero-order valence-corrected chi connectivity index (χ0v) is 13.7. The summed E-state index contributed by atoms with van der Waals surface area (Å²) >= 11 is 0. The first-order valence-corrected chi connectivity index (χ1v) is 7.98. The van der Waals surface area contributed by atoms with E-state index in [-0.39, 0.29) is 36.4 Å². The number of esters is 2. The van der Waals surface area contributed by atoms with E-state index in [9.17, 15) is 14.4 Å². The van der Waals surface area contributed by atoms with Crippen LogP contribution in [0.2, 0.25) is 0 Å². The Morgan fingerprint density at radius 2 is 1.91 bits per heavy atom. The summed E-state index contributed by atoms with van der Waals surface area (Å²) in [5.74, 6) is -0.471. The summed E-state index contributed by atoms with van der Waals surface area (Å²) < 4.78 is 10.2. The van der Waals surface area contributed by atoms with Crippen LogP contribution in [0.5, 0.6) is 0 Å².